The number of rotatable bonds is 7. The van der Waals surface area contributed by atoms with Crippen LogP contribution in [0.5, 0.6) is 0 Å². The molecule has 0 bridgehead atoms. The minimum Gasteiger partial charge on any atom is -0.311 e. The van der Waals surface area contributed by atoms with Gasteiger partial charge >= 0.3 is 0 Å². The Bertz CT molecular complexity index is 1550. The van der Waals surface area contributed by atoms with Crippen LogP contribution in [0.2, 0.25) is 0 Å². The van der Waals surface area contributed by atoms with Gasteiger partial charge in [-0.05, 0) is 58.7 Å². The average molecular weight is 566 g/mol. The third-order valence-corrected chi connectivity index (χ3v) is 7.87. The van der Waals surface area contributed by atoms with Crippen molar-refractivity contribution >= 4 is 17.1 Å². The van der Waals surface area contributed by atoms with Crippen LogP contribution in [0.25, 0.3) is 0 Å². The second kappa shape index (κ2) is 14.0. The van der Waals surface area contributed by atoms with E-state index in [-0.39, 0.29) is 5.41 Å². The van der Waals surface area contributed by atoms with E-state index in [4.69, 9.17) is 0 Å². The van der Waals surface area contributed by atoms with Gasteiger partial charge in [0.05, 0.1) is 5.41 Å². The lowest BCUT2D eigenvalue weighted by Gasteiger charge is -2.36. The minimum absolute atomic E-state index is 0.328. The Hall–Kier alpha value is -5.66. The topological polar surface area (TPSA) is 3.24 Å². The van der Waals surface area contributed by atoms with Gasteiger partial charge in [-0.15, -0.1) is 0 Å². The van der Waals surface area contributed by atoms with Crippen molar-refractivity contribution in [3.63, 3.8) is 0 Å². The highest BCUT2D eigenvalue weighted by Crippen LogP contribution is 2.44. The monoisotopic (exact) mass is 565 g/mol. The van der Waals surface area contributed by atoms with Crippen molar-refractivity contribution in [2.45, 2.75) is 5.41 Å². The Morgan fingerprint density at radius 2 is 0.409 bits per heavy atom. The largest absolute Gasteiger partial charge is 0.311 e. The molecular weight excluding hydrogens is 530 g/mol. The molecule has 0 heterocycles. The fourth-order valence-corrected chi connectivity index (χ4v) is 5.93. The standard InChI is InChI=1S/C25H20.C18H15N/c1-5-13-21(14-6-1)25(22-15-7-2-8-16-22,23-17-9-3-10-18-23)24-19-11-4-12-20-24;1-4-10-16(11-5-1)19(17-12-6-2-7-13-17)18-14-8-3-9-15-18/h1-20H;1-15H. The number of benzene rings is 7. The molecule has 0 N–H and O–H groups in total. The van der Waals surface area contributed by atoms with Crippen molar-refractivity contribution in [2.75, 3.05) is 4.90 Å². The van der Waals surface area contributed by atoms with Gasteiger partial charge in [0.15, 0.2) is 0 Å². The van der Waals surface area contributed by atoms with Gasteiger partial charge in [-0.3, -0.25) is 0 Å². The van der Waals surface area contributed by atoms with E-state index >= 15 is 0 Å². The molecule has 0 aromatic heterocycles. The van der Waals surface area contributed by atoms with Crippen LogP contribution >= 0.6 is 0 Å². The average Bonchev–Trinajstić information content (AvgIpc) is 3.12. The molecule has 7 aromatic rings. The predicted molar refractivity (Wildman–Crippen MR) is 186 cm³/mol. The highest BCUT2D eigenvalue weighted by molar-refractivity contribution is 5.76. The highest BCUT2D eigenvalue weighted by atomic mass is 15.1. The summed E-state index contributed by atoms with van der Waals surface area (Å²) >= 11 is 0. The molecule has 0 spiro atoms. The molecule has 0 saturated carbocycles. The van der Waals surface area contributed by atoms with Gasteiger partial charge in [0, 0.05) is 17.1 Å². The van der Waals surface area contributed by atoms with Crippen LogP contribution in [0.15, 0.2) is 212 Å². The van der Waals surface area contributed by atoms with Crippen molar-refractivity contribution in [1.82, 2.24) is 0 Å². The van der Waals surface area contributed by atoms with Crippen LogP contribution in [0.4, 0.5) is 17.1 Å². The number of para-hydroxylation sites is 3. The second-order valence-corrected chi connectivity index (χ2v) is 10.6. The summed E-state index contributed by atoms with van der Waals surface area (Å²) in [5.74, 6) is 0. The second-order valence-electron chi connectivity index (χ2n) is 10.6. The molecule has 0 saturated heterocycles. The normalized spacial score (nSPS) is 10.7. The molecule has 0 aliphatic carbocycles. The number of hydrogen-bond acceptors (Lipinski definition) is 1. The summed E-state index contributed by atoms with van der Waals surface area (Å²) in [6.45, 7) is 0. The Kier molecular flexibility index (Phi) is 9.06. The Morgan fingerprint density at radius 3 is 0.614 bits per heavy atom. The van der Waals surface area contributed by atoms with Crippen LogP contribution < -0.4 is 4.90 Å². The predicted octanol–water partition coefficient (Wildman–Crippen LogP) is 11.2. The highest BCUT2D eigenvalue weighted by Gasteiger charge is 2.37. The zero-order valence-electron chi connectivity index (χ0n) is 24.7. The molecule has 0 aliphatic rings. The van der Waals surface area contributed by atoms with Crippen molar-refractivity contribution < 1.29 is 0 Å². The SMILES string of the molecule is c1ccc(C(c2ccccc2)(c2ccccc2)c2ccccc2)cc1.c1ccc(N(c2ccccc2)c2ccccc2)cc1. The van der Waals surface area contributed by atoms with E-state index in [0.29, 0.717) is 0 Å². The van der Waals surface area contributed by atoms with Crippen molar-refractivity contribution in [3.05, 3.63) is 235 Å². The summed E-state index contributed by atoms with van der Waals surface area (Å²) in [4.78, 5) is 2.25. The fraction of sp³-hybridized carbons (Fsp3) is 0.0233. The van der Waals surface area contributed by atoms with E-state index < -0.39 is 0 Å². The first-order valence-electron chi connectivity index (χ1n) is 15.0. The summed E-state index contributed by atoms with van der Waals surface area (Å²) in [6.07, 6.45) is 0. The van der Waals surface area contributed by atoms with E-state index in [0.717, 1.165) is 0 Å². The summed E-state index contributed by atoms with van der Waals surface area (Å²) < 4.78 is 0. The van der Waals surface area contributed by atoms with Crippen LogP contribution in [0.3, 0.4) is 0 Å². The lowest BCUT2D eigenvalue weighted by Crippen LogP contribution is -2.30. The minimum atomic E-state index is -0.328. The zero-order chi connectivity index (χ0) is 29.9. The van der Waals surface area contributed by atoms with E-state index in [1.807, 2.05) is 18.2 Å². The smallest absolute Gasteiger partial charge is 0.0701 e. The number of hydrogen-bond donors (Lipinski definition) is 0. The van der Waals surface area contributed by atoms with Crippen LogP contribution in [0.1, 0.15) is 22.3 Å². The third-order valence-electron chi connectivity index (χ3n) is 7.87. The van der Waals surface area contributed by atoms with Crippen LogP contribution in [-0.2, 0) is 5.41 Å². The molecule has 212 valence electrons. The maximum atomic E-state index is 2.25. The lowest BCUT2D eigenvalue weighted by atomic mass is 9.65. The quantitative estimate of drug-likeness (QED) is 0.174. The zero-order valence-corrected chi connectivity index (χ0v) is 24.7. The maximum Gasteiger partial charge on any atom is 0.0701 e. The molecule has 0 amide bonds. The summed E-state index contributed by atoms with van der Waals surface area (Å²) in [5.41, 5.74) is 8.28. The van der Waals surface area contributed by atoms with E-state index in [9.17, 15) is 0 Å². The maximum absolute atomic E-state index is 2.25. The molecule has 1 heteroatoms. The molecule has 1 nitrogen and oxygen atoms in total. The number of anilines is 3. The summed E-state index contributed by atoms with van der Waals surface area (Å²) in [5, 5.41) is 0. The van der Waals surface area contributed by atoms with E-state index in [1.54, 1.807) is 0 Å². The van der Waals surface area contributed by atoms with Crippen LogP contribution in [0, 0.1) is 0 Å². The molecular formula is C43H35N. The first-order chi connectivity index (χ1) is 21.9. The van der Waals surface area contributed by atoms with Gasteiger partial charge in [0.25, 0.3) is 0 Å². The van der Waals surface area contributed by atoms with Gasteiger partial charge in [0.2, 0.25) is 0 Å². The molecule has 0 radical (unpaired) electrons. The molecule has 7 rings (SSSR count). The summed E-state index contributed by atoms with van der Waals surface area (Å²) in [6, 6.07) is 74.4. The molecule has 44 heavy (non-hydrogen) atoms. The summed E-state index contributed by atoms with van der Waals surface area (Å²) in [7, 11) is 0. The third kappa shape index (κ3) is 6.09. The van der Waals surface area contributed by atoms with E-state index in [2.05, 4.69) is 199 Å². The van der Waals surface area contributed by atoms with E-state index in [1.165, 1.54) is 39.3 Å². The Morgan fingerprint density at radius 1 is 0.227 bits per heavy atom. The molecule has 7 aromatic carbocycles. The molecule has 0 aliphatic heterocycles. The van der Waals surface area contributed by atoms with Gasteiger partial charge in [-0.1, -0.05) is 176 Å². The van der Waals surface area contributed by atoms with Gasteiger partial charge in [0.1, 0.15) is 0 Å². The fourth-order valence-electron chi connectivity index (χ4n) is 5.93. The van der Waals surface area contributed by atoms with Crippen molar-refractivity contribution in [2.24, 2.45) is 0 Å². The number of nitrogens with zero attached hydrogens (tertiary/aromatic N) is 1. The Labute approximate surface area is 261 Å². The van der Waals surface area contributed by atoms with Gasteiger partial charge in [-0.2, -0.15) is 0 Å². The first-order valence-corrected chi connectivity index (χ1v) is 15.0. The van der Waals surface area contributed by atoms with Crippen molar-refractivity contribution in [3.8, 4) is 0 Å². The van der Waals surface area contributed by atoms with Gasteiger partial charge < -0.3 is 4.90 Å². The molecule has 0 fully saturated rings. The van der Waals surface area contributed by atoms with Crippen LogP contribution in [-0.4, -0.2) is 0 Å². The first kappa shape index (κ1) is 28.5. The lowest BCUT2D eigenvalue weighted by molar-refractivity contribution is 0.745. The van der Waals surface area contributed by atoms with Crippen molar-refractivity contribution in [1.29, 1.82) is 0 Å². The van der Waals surface area contributed by atoms with Gasteiger partial charge in [-0.25, -0.2) is 0 Å². The molecule has 0 unspecified atom stereocenters. The Balaban J connectivity index is 0.000000162. The molecule has 0 atom stereocenters.